The molecule has 4 nitrogen and oxygen atoms in total. The Labute approximate surface area is 121 Å². The zero-order chi connectivity index (χ0) is 14.5. The number of ether oxygens (including phenoxy) is 1. The van der Waals surface area contributed by atoms with E-state index in [1.165, 1.54) is 6.42 Å². The van der Waals surface area contributed by atoms with Crippen molar-refractivity contribution >= 4 is 12.6 Å². The fourth-order valence-electron chi connectivity index (χ4n) is 2.61. The van der Waals surface area contributed by atoms with Crippen LogP contribution in [0.3, 0.4) is 0 Å². The number of piperidine rings is 1. The highest BCUT2D eigenvalue weighted by atomic mass is 16.5. The van der Waals surface area contributed by atoms with Crippen molar-refractivity contribution in [2.24, 2.45) is 11.8 Å². The van der Waals surface area contributed by atoms with Gasteiger partial charge in [-0.25, -0.2) is 0 Å². The highest BCUT2D eigenvalue weighted by Crippen LogP contribution is 2.22. The summed E-state index contributed by atoms with van der Waals surface area (Å²) in [7, 11) is -1.44. The minimum absolute atomic E-state index is 0.461. The van der Waals surface area contributed by atoms with E-state index in [1.807, 2.05) is 6.07 Å². The fraction of sp³-hybridized carbons (Fsp3) is 0.600. The fourth-order valence-corrected chi connectivity index (χ4v) is 2.61. The standard InChI is InChI=1S/C15H24BNO3/c1-12-6-7-17(11-13(12)2)8-9-20-15-5-3-4-14(10-15)16(18)19/h3-5,10,12-13,18-19H,6-9,11H2,1-2H3. The maximum Gasteiger partial charge on any atom is 0.488 e. The van der Waals surface area contributed by atoms with E-state index in [1.54, 1.807) is 18.2 Å². The van der Waals surface area contributed by atoms with E-state index < -0.39 is 7.12 Å². The predicted octanol–water partition coefficient (Wildman–Crippen LogP) is 0.723. The van der Waals surface area contributed by atoms with Gasteiger partial charge in [-0.3, -0.25) is 4.90 Å². The first-order chi connectivity index (χ1) is 9.56. The Balaban J connectivity index is 1.77. The molecule has 1 aromatic carbocycles. The number of nitrogens with zero attached hydrogens (tertiary/aromatic N) is 1. The van der Waals surface area contributed by atoms with E-state index in [9.17, 15) is 0 Å². The average Bonchev–Trinajstić information content (AvgIpc) is 2.43. The molecule has 0 amide bonds. The van der Waals surface area contributed by atoms with Crippen molar-refractivity contribution in [3.63, 3.8) is 0 Å². The zero-order valence-electron chi connectivity index (χ0n) is 12.3. The van der Waals surface area contributed by atoms with Gasteiger partial charge < -0.3 is 14.8 Å². The second-order valence-corrected chi connectivity index (χ2v) is 5.84. The first-order valence-corrected chi connectivity index (χ1v) is 7.37. The molecule has 5 heteroatoms. The van der Waals surface area contributed by atoms with Gasteiger partial charge >= 0.3 is 7.12 Å². The van der Waals surface area contributed by atoms with E-state index in [4.69, 9.17) is 14.8 Å². The number of rotatable bonds is 5. The third kappa shape index (κ3) is 4.23. The van der Waals surface area contributed by atoms with Crippen LogP contribution in [0.5, 0.6) is 5.75 Å². The highest BCUT2D eigenvalue weighted by Gasteiger charge is 2.22. The lowest BCUT2D eigenvalue weighted by Crippen LogP contribution is -2.40. The van der Waals surface area contributed by atoms with Crippen molar-refractivity contribution in [2.75, 3.05) is 26.2 Å². The molecule has 2 N–H and O–H groups in total. The molecule has 20 heavy (non-hydrogen) atoms. The lowest BCUT2D eigenvalue weighted by atomic mass is 9.80. The largest absolute Gasteiger partial charge is 0.492 e. The van der Waals surface area contributed by atoms with Crippen LogP contribution in [-0.4, -0.2) is 48.3 Å². The number of likely N-dealkylation sites (tertiary alicyclic amines) is 1. The van der Waals surface area contributed by atoms with E-state index in [0.29, 0.717) is 17.8 Å². The summed E-state index contributed by atoms with van der Waals surface area (Å²) < 4.78 is 5.70. The van der Waals surface area contributed by atoms with Crippen molar-refractivity contribution < 1.29 is 14.8 Å². The quantitative estimate of drug-likeness (QED) is 0.779. The summed E-state index contributed by atoms with van der Waals surface area (Å²) in [5.41, 5.74) is 0.461. The van der Waals surface area contributed by atoms with Crippen LogP contribution >= 0.6 is 0 Å². The summed E-state index contributed by atoms with van der Waals surface area (Å²) in [6.45, 7) is 8.47. The molecule has 0 radical (unpaired) electrons. The predicted molar refractivity (Wildman–Crippen MR) is 81.1 cm³/mol. The molecule has 1 aliphatic heterocycles. The Bertz CT molecular complexity index is 427. The van der Waals surface area contributed by atoms with Gasteiger partial charge in [0.2, 0.25) is 0 Å². The molecule has 0 bridgehead atoms. The highest BCUT2D eigenvalue weighted by molar-refractivity contribution is 6.58. The molecule has 1 aliphatic rings. The maximum atomic E-state index is 9.12. The van der Waals surface area contributed by atoms with Gasteiger partial charge in [-0.05, 0) is 42.4 Å². The van der Waals surface area contributed by atoms with Crippen molar-refractivity contribution in [3.05, 3.63) is 24.3 Å². The van der Waals surface area contributed by atoms with Gasteiger partial charge in [0.05, 0.1) is 0 Å². The third-order valence-corrected chi connectivity index (χ3v) is 4.25. The topological polar surface area (TPSA) is 52.9 Å². The maximum absolute atomic E-state index is 9.12. The number of hydrogen-bond donors (Lipinski definition) is 2. The van der Waals surface area contributed by atoms with Gasteiger partial charge in [0.1, 0.15) is 12.4 Å². The lowest BCUT2D eigenvalue weighted by molar-refractivity contribution is 0.119. The molecular weight excluding hydrogens is 253 g/mol. The van der Waals surface area contributed by atoms with Crippen LogP contribution in [0.25, 0.3) is 0 Å². The first-order valence-electron chi connectivity index (χ1n) is 7.37. The molecule has 0 aliphatic carbocycles. The van der Waals surface area contributed by atoms with Gasteiger partial charge in [0.15, 0.2) is 0 Å². The summed E-state index contributed by atoms with van der Waals surface area (Å²) in [5.74, 6) is 2.25. The van der Waals surface area contributed by atoms with Crippen LogP contribution in [0.2, 0.25) is 0 Å². The summed E-state index contributed by atoms with van der Waals surface area (Å²) >= 11 is 0. The van der Waals surface area contributed by atoms with Crippen LogP contribution < -0.4 is 10.2 Å². The minimum atomic E-state index is -1.44. The van der Waals surface area contributed by atoms with Crippen LogP contribution in [0, 0.1) is 11.8 Å². The first kappa shape index (κ1) is 15.4. The van der Waals surface area contributed by atoms with Crippen molar-refractivity contribution in [3.8, 4) is 5.75 Å². The number of benzene rings is 1. The summed E-state index contributed by atoms with van der Waals surface area (Å²) in [4.78, 5) is 2.44. The molecule has 1 fully saturated rings. The van der Waals surface area contributed by atoms with E-state index in [2.05, 4.69) is 18.7 Å². The molecule has 0 aromatic heterocycles. The molecule has 0 spiro atoms. The zero-order valence-corrected chi connectivity index (χ0v) is 12.3. The van der Waals surface area contributed by atoms with Crippen LogP contribution in [0.1, 0.15) is 20.3 Å². The molecule has 110 valence electrons. The molecule has 1 aromatic rings. The molecule has 1 saturated heterocycles. The van der Waals surface area contributed by atoms with Crippen LogP contribution in [0.15, 0.2) is 24.3 Å². The Morgan fingerprint density at radius 3 is 2.80 bits per heavy atom. The van der Waals surface area contributed by atoms with Gasteiger partial charge in [0.25, 0.3) is 0 Å². The molecule has 1 heterocycles. The lowest BCUT2D eigenvalue weighted by Gasteiger charge is -2.35. The van der Waals surface area contributed by atoms with Crippen LogP contribution in [0.4, 0.5) is 0 Å². The Kier molecular flexibility index (Phi) is 5.46. The number of hydrogen-bond acceptors (Lipinski definition) is 4. The molecule has 2 atom stereocenters. The van der Waals surface area contributed by atoms with Crippen LogP contribution in [-0.2, 0) is 0 Å². The Hall–Kier alpha value is -1.04. The van der Waals surface area contributed by atoms with Gasteiger partial charge in [-0.15, -0.1) is 0 Å². The van der Waals surface area contributed by atoms with E-state index in [0.717, 1.165) is 31.5 Å². The van der Waals surface area contributed by atoms with Crippen molar-refractivity contribution in [2.45, 2.75) is 20.3 Å². The van der Waals surface area contributed by atoms with E-state index >= 15 is 0 Å². The molecule has 0 saturated carbocycles. The Morgan fingerprint density at radius 2 is 2.10 bits per heavy atom. The average molecular weight is 277 g/mol. The molecule has 2 unspecified atom stereocenters. The smallest absolute Gasteiger partial charge is 0.488 e. The van der Waals surface area contributed by atoms with Gasteiger partial charge in [-0.1, -0.05) is 26.0 Å². The van der Waals surface area contributed by atoms with Crippen molar-refractivity contribution in [1.29, 1.82) is 0 Å². The summed E-state index contributed by atoms with van der Waals surface area (Å²) in [6.07, 6.45) is 1.26. The van der Waals surface area contributed by atoms with Gasteiger partial charge in [0, 0.05) is 13.1 Å². The minimum Gasteiger partial charge on any atom is -0.492 e. The second kappa shape index (κ2) is 7.11. The monoisotopic (exact) mass is 277 g/mol. The van der Waals surface area contributed by atoms with E-state index in [-0.39, 0.29) is 0 Å². The molecule has 2 rings (SSSR count). The second-order valence-electron chi connectivity index (χ2n) is 5.84. The molecular formula is C15H24BNO3. The third-order valence-electron chi connectivity index (χ3n) is 4.25. The summed E-state index contributed by atoms with van der Waals surface area (Å²) in [6, 6.07) is 6.96. The van der Waals surface area contributed by atoms with Crippen molar-refractivity contribution in [1.82, 2.24) is 4.90 Å². The normalized spacial score (nSPS) is 23.6. The summed E-state index contributed by atoms with van der Waals surface area (Å²) in [5, 5.41) is 18.2. The Morgan fingerprint density at radius 1 is 1.30 bits per heavy atom. The van der Waals surface area contributed by atoms with Gasteiger partial charge in [-0.2, -0.15) is 0 Å². The SMILES string of the molecule is CC1CCN(CCOc2cccc(B(O)O)c2)CC1C.